The Balaban J connectivity index is 2.07. The summed E-state index contributed by atoms with van der Waals surface area (Å²) in [6.45, 7) is 7.89. The Hall–Kier alpha value is -2.08. The van der Waals surface area contributed by atoms with Gasteiger partial charge in [0.1, 0.15) is 10.8 Å². The number of hydrogen-bond acceptors (Lipinski definition) is 4. The van der Waals surface area contributed by atoms with E-state index in [4.69, 9.17) is 4.74 Å². The molecule has 0 saturated carbocycles. The maximum Gasteiger partial charge on any atom is 0.319 e. The Labute approximate surface area is 134 Å². The van der Waals surface area contributed by atoms with Crippen molar-refractivity contribution >= 4 is 23.1 Å². The monoisotopic (exact) mass is 319 g/mol. The van der Waals surface area contributed by atoms with Crippen LogP contribution in [0.2, 0.25) is 0 Å². The van der Waals surface area contributed by atoms with Gasteiger partial charge in [0.2, 0.25) is 0 Å². The number of carbonyl (C=O) groups excluding carboxylic acids is 1. The SMILES string of the molecule is COc1cccc(NC(=O)NC(C)(C)c2nc(C)c(C)s2)c1. The van der Waals surface area contributed by atoms with Crippen molar-refractivity contribution in [2.75, 3.05) is 12.4 Å². The molecule has 0 aliphatic carbocycles. The van der Waals surface area contributed by atoms with Crippen LogP contribution in [0.5, 0.6) is 5.75 Å². The highest BCUT2D eigenvalue weighted by Gasteiger charge is 2.27. The molecule has 0 aliphatic heterocycles. The first-order chi connectivity index (χ1) is 10.3. The third-order valence-corrected chi connectivity index (χ3v) is 4.71. The zero-order valence-corrected chi connectivity index (χ0v) is 14.3. The first-order valence-corrected chi connectivity index (χ1v) is 7.81. The molecule has 2 rings (SSSR count). The molecule has 2 aromatic rings. The lowest BCUT2D eigenvalue weighted by molar-refractivity contribution is 0.241. The van der Waals surface area contributed by atoms with Gasteiger partial charge in [-0.1, -0.05) is 6.07 Å². The topological polar surface area (TPSA) is 63.2 Å². The van der Waals surface area contributed by atoms with Crippen molar-refractivity contribution in [3.05, 3.63) is 39.8 Å². The van der Waals surface area contributed by atoms with Gasteiger partial charge in [0, 0.05) is 16.6 Å². The second kappa shape index (κ2) is 6.36. The smallest absolute Gasteiger partial charge is 0.319 e. The summed E-state index contributed by atoms with van der Waals surface area (Å²) >= 11 is 1.60. The van der Waals surface area contributed by atoms with E-state index in [2.05, 4.69) is 15.6 Å². The van der Waals surface area contributed by atoms with E-state index in [1.165, 1.54) is 0 Å². The van der Waals surface area contributed by atoms with Gasteiger partial charge in [0.15, 0.2) is 0 Å². The van der Waals surface area contributed by atoms with Crippen LogP contribution in [0.3, 0.4) is 0 Å². The fraction of sp³-hybridized carbons (Fsp3) is 0.375. The number of nitrogens with one attached hydrogen (secondary N) is 2. The third kappa shape index (κ3) is 3.76. The predicted molar refractivity (Wildman–Crippen MR) is 89.8 cm³/mol. The van der Waals surface area contributed by atoms with Crippen LogP contribution in [0.4, 0.5) is 10.5 Å². The highest BCUT2D eigenvalue weighted by Crippen LogP contribution is 2.27. The summed E-state index contributed by atoms with van der Waals surface area (Å²) < 4.78 is 5.14. The van der Waals surface area contributed by atoms with Gasteiger partial charge in [-0.15, -0.1) is 11.3 Å². The highest BCUT2D eigenvalue weighted by molar-refractivity contribution is 7.11. The summed E-state index contributed by atoms with van der Waals surface area (Å²) in [6.07, 6.45) is 0. The Bertz CT molecular complexity index is 660. The molecule has 2 amide bonds. The molecule has 118 valence electrons. The number of benzene rings is 1. The molecule has 1 aromatic carbocycles. The molecule has 22 heavy (non-hydrogen) atoms. The fourth-order valence-corrected chi connectivity index (χ4v) is 2.91. The number of urea groups is 1. The number of nitrogens with zero attached hydrogens (tertiary/aromatic N) is 1. The van der Waals surface area contributed by atoms with E-state index >= 15 is 0 Å². The van der Waals surface area contributed by atoms with E-state index in [0.717, 1.165) is 15.6 Å². The van der Waals surface area contributed by atoms with Gasteiger partial charge >= 0.3 is 6.03 Å². The van der Waals surface area contributed by atoms with E-state index in [0.29, 0.717) is 11.4 Å². The van der Waals surface area contributed by atoms with Gasteiger partial charge in [-0.2, -0.15) is 0 Å². The summed E-state index contributed by atoms with van der Waals surface area (Å²) in [5.41, 5.74) is 1.15. The maximum atomic E-state index is 12.2. The van der Waals surface area contributed by atoms with Gasteiger partial charge in [-0.05, 0) is 39.8 Å². The van der Waals surface area contributed by atoms with E-state index < -0.39 is 5.54 Å². The second-order valence-corrected chi connectivity index (χ2v) is 6.80. The highest BCUT2D eigenvalue weighted by atomic mass is 32.1. The molecule has 6 heteroatoms. The molecule has 0 atom stereocenters. The van der Waals surface area contributed by atoms with E-state index in [9.17, 15) is 4.79 Å². The normalized spacial score (nSPS) is 11.1. The number of anilines is 1. The van der Waals surface area contributed by atoms with Crippen LogP contribution in [-0.2, 0) is 5.54 Å². The molecule has 5 nitrogen and oxygen atoms in total. The molecule has 0 bridgehead atoms. The second-order valence-electron chi connectivity index (χ2n) is 5.60. The lowest BCUT2D eigenvalue weighted by Gasteiger charge is -2.24. The van der Waals surface area contributed by atoms with Crippen LogP contribution in [0, 0.1) is 13.8 Å². The number of aromatic nitrogens is 1. The average molecular weight is 319 g/mol. The number of rotatable bonds is 4. The number of methoxy groups -OCH3 is 1. The molecule has 0 aliphatic rings. The van der Waals surface area contributed by atoms with E-state index in [1.54, 1.807) is 24.5 Å². The van der Waals surface area contributed by atoms with Crippen LogP contribution >= 0.6 is 11.3 Å². The number of thiazole rings is 1. The zero-order chi connectivity index (χ0) is 16.3. The van der Waals surface area contributed by atoms with Crippen LogP contribution in [-0.4, -0.2) is 18.1 Å². The summed E-state index contributed by atoms with van der Waals surface area (Å²) in [6, 6.07) is 6.96. The van der Waals surface area contributed by atoms with Crippen molar-refractivity contribution in [2.24, 2.45) is 0 Å². The van der Waals surface area contributed by atoms with E-state index in [1.807, 2.05) is 45.9 Å². The number of ether oxygens (including phenoxy) is 1. The van der Waals surface area contributed by atoms with E-state index in [-0.39, 0.29) is 6.03 Å². The molecule has 1 heterocycles. The van der Waals surface area contributed by atoms with Crippen molar-refractivity contribution in [1.82, 2.24) is 10.3 Å². The van der Waals surface area contributed by atoms with Gasteiger partial charge in [-0.3, -0.25) is 0 Å². The average Bonchev–Trinajstić information content (AvgIpc) is 2.79. The van der Waals surface area contributed by atoms with Gasteiger partial charge < -0.3 is 15.4 Å². The Kier molecular flexibility index (Phi) is 4.71. The Morgan fingerprint density at radius 1 is 1.32 bits per heavy atom. The van der Waals surface area contributed by atoms with Crippen LogP contribution < -0.4 is 15.4 Å². The van der Waals surface area contributed by atoms with Gasteiger partial charge in [0.25, 0.3) is 0 Å². The molecule has 0 saturated heterocycles. The largest absolute Gasteiger partial charge is 0.497 e. The summed E-state index contributed by atoms with van der Waals surface area (Å²) in [4.78, 5) is 17.9. The number of amides is 2. The van der Waals surface area contributed by atoms with Crippen molar-refractivity contribution in [3.63, 3.8) is 0 Å². The molecular weight excluding hydrogens is 298 g/mol. The standard InChI is InChI=1S/C16H21N3O2S/c1-10-11(2)22-14(17-10)16(3,4)19-15(20)18-12-7-6-8-13(9-12)21-5/h6-9H,1-5H3,(H2,18,19,20). The first kappa shape index (κ1) is 16.3. The van der Waals surface area contributed by atoms with Crippen LogP contribution in [0.1, 0.15) is 29.4 Å². The molecule has 1 aromatic heterocycles. The van der Waals surface area contributed by atoms with Gasteiger partial charge in [-0.25, -0.2) is 9.78 Å². The lowest BCUT2D eigenvalue weighted by atomic mass is 10.1. The summed E-state index contributed by atoms with van der Waals surface area (Å²) in [5.74, 6) is 0.697. The van der Waals surface area contributed by atoms with Crippen molar-refractivity contribution in [2.45, 2.75) is 33.2 Å². The molecule has 0 fully saturated rings. The van der Waals surface area contributed by atoms with Crippen LogP contribution in [0.25, 0.3) is 0 Å². The lowest BCUT2D eigenvalue weighted by Crippen LogP contribution is -2.43. The van der Waals surface area contributed by atoms with Crippen molar-refractivity contribution in [1.29, 1.82) is 0 Å². The number of aryl methyl sites for hydroxylation is 2. The molecule has 0 spiro atoms. The van der Waals surface area contributed by atoms with Gasteiger partial charge in [0.05, 0.1) is 18.3 Å². The predicted octanol–water partition coefficient (Wildman–Crippen LogP) is 3.83. The minimum Gasteiger partial charge on any atom is -0.497 e. The third-order valence-electron chi connectivity index (χ3n) is 3.32. The van der Waals surface area contributed by atoms with Crippen LogP contribution in [0.15, 0.2) is 24.3 Å². The fourth-order valence-electron chi connectivity index (χ4n) is 1.94. The number of carbonyl (C=O) groups is 1. The van der Waals surface area contributed by atoms with Crippen molar-refractivity contribution < 1.29 is 9.53 Å². The minimum absolute atomic E-state index is 0.274. The Morgan fingerprint density at radius 2 is 2.05 bits per heavy atom. The minimum atomic E-state index is -0.535. The zero-order valence-electron chi connectivity index (χ0n) is 13.5. The quantitative estimate of drug-likeness (QED) is 0.900. The van der Waals surface area contributed by atoms with Crippen molar-refractivity contribution in [3.8, 4) is 5.75 Å². The summed E-state index contributed by atoms with van der Waals surface area (Å²) in [7, 11) is 1.59. The molecule has 0 radical (unpaired) electrons. The number of hydrogen-bond donors (Lipinski definition) is 2. The first-order valence-electron chi connectivity index (χ1n) is 6.99. The molecule has 2 N–H and O–H groups in total. The summed E-state index contributed by atoms with van der Waals surface area (Å²) in [5, 5.41) is 6.66. The molecule has 0 unspecified atom stereocenters. The Morgan fingerprint density at radius 3 is 2.64 bits per heavy atom. The maximum absolute atomic E-state index is 12.2. The molecular formula is C16H21N3O2S.